The molecule has 3 N–H and O–H groups in total. The quantitative estimate of drug-likeness (QED) is 0.0233. The number of hydrogen-bond donors (Lipinski definition) is 3. The molecule has 0 saturated heterocycles. The van der Waals surface area contributed by atoms with Crippen LogP contribution in [0.4, 0.5) is 0 Å². The van der Waals surface area contributed by atoms with E-state index in [1.165, 1.54) is 141 Å². The van der Waals surface area contributed by atoms with Crippen molar-refractivity contribution in [3.8, 4) is 0 Å². The fourth-order valence-corrected chi connectivity index (χ4v) is 7.73. The van der Waals surface area contributed by atoms with E-state index < -0.39 is 51.8 Å². The lowest BCUT2D eigenvalue weighted by atomic mass is 10.0. The largest absolute Gasteiger partial charge is 0.472 e. The van der Waals surface area contributed by atoms with Crippen LogP contribution in [0.15, 0.2) is 36.5 Å². The maximum atomic E-state index is 12.7. The van der Waals surface area contributed by atoms with E-state index in [2.05, 4.69) is 50.3 Å². The second kappa shape index (κ2) is 46.2. The normalized spacial score (nSPS) is 14.0. The first kappa shape index (κ1) is 59.2. The number of carbonyl (C=O) groups is 2. The maximum Gasteiger partial charge on any atom is 0.472 e. The van der Waals surface area contributed by atoms with Crippen molar-refractivity contribution in [3.63, 3.8) is 0 Å². The van der Waals surface area contributed by atoms with Crippen LogP contribution >= 0.6 is 7.82 Å². The Labute approximate surface area is 373 Å². The number of aliphatic hydroxyl groups excluding tert-OH is 2. The van der Waals surface area contributed by atoms with Crippen LogP contribution in [-0.4, -0.2) is 65.7 Å². The van der Waals surface area contributed by atoms with E-state index in [-0.39, 0.29) is 19.4 Å². The number of rotatable bonds is 47. The molecule has 358 valence electrons. The monoisotopic (exact) mass is 885 g/mol. The molecule has 0 aliphatic carbocycles. The summed E-state index contributed by atoms with van der Waals surface area (Å²) in [5, 5.41) is 18.4. The predicted octanol–water partition coefficient (Wildman–Crippen LogP) is 13.9. The van der Waals surface area contributed by atoms with Gasteiger partial charge in [0.2, 0.25) is 0 Å². The second-order valence-corrected chi connectivity index (χ2v) is 18.3. The van der Waals surface area contributed by atoms with Crippen LogP contribution < -0.4 is 0 Å². The zero-order valence-corrected chi connectivity index (χ0v) is 40.0. The lowest BCUT2D eigenvalue weighted by Crippen LogP contribution is -2.29. The van der Waals surface area contributed by atoms with Gasteiger partial charge in [-0.3, -0.25) is 18.6 Å². The SMILES string of the molecule is CCCCC/C=C/C/C=C/C/C=C/CCCCC(=O)OC[C@H](COP(=O)(O)OC[C@@H](O)CO)OC(=O)CCCCCCCCCCCCCCCCCCCCCCCCC. The molecule has 0 radical (unpaired) electrons. The van der Waals surface area contributed by atoms with Crippen molar-refractivity contribution >= 4 is 19.8 Å². The number of ether oxygens (including phenoxy) is 2. The van der Waals surface area contributed by atoms with Crippen LogP contribution in [0, 0.1) is 0 Å². The van der Waals surface area contributed by atoms with Gasteiger partial charge in [-0.15, -0.1) is 0 Å². The van der Waals surface area contributed by atoms with Crippen LogP contribution in [0.1, 0.15) is 232 Å². The molecule has 0 aromatic carbocycles. The molecular weight excluding hydrogens is 792 g/mol. The Balaban J connectivity index is 4.18. The van der Waals surface area contributed by atoms with Crippen LogP contribution in [0.25, 0.3) is 0 Å². The fourth-order valence-electron chi connectivity index (χ4n) is 6.94. The Morgan fingerprint density at radius 3 is 1.31 bits per heavy atom. The Morgan fingerprint density at radius 1 is 0.492 bits per heavy atom. The highest BCUT2D eigenvalue weighted by atomic mass is 31.2. The van der Waals surface area contributed by atoms with Crippen molar-refractivity contribution in [2.24, 2.45) is 0 Å². The van der Waals surface area contributed by atoms with Gasteiger partial charge < -0.3 is 24.6 Å². The Bertz CT molecular complexity index is 1110. The summed E-state index contributed by atoms with van der Waals surface area (Å²) in [6, 6.07) is 0. The summed E-state index contributed by atoms with van der Waals surface area (Å²) in [5.74, 6) is -0.960. The zero-order chi connectivity index (χ0) is 44.8. The van der Waals surface area contributed by atoms with Crippen molar-refractivity contribution in [1.82, 2.24) is 0 Å². The van der Waals surface area contributed by atoms with Gasteiger partial charge in [-0.05, 0) is 51.4 Å². The topological polar surface area (TPSA) is 149 Å². The summed E-state index contributed by atoms with van der Waals surface area (Å²) < 4.78 is 32.8. The van der Waals surface area contributed by atoms with Crippen molar-refractivity contribution in [2.75, 3.05) is 26.4 Å². The highest BCUT2D eigenvalue weighted by molar-refractivity contribution is 7.47. The van der Waals surface area contributed by atoms with Gasteiger partial charge in [-0.1, -0.05) is 204 Å². The molecule has 0 rings (SSSR count). The molecule has 0 spiro atoms. The summed E-state index contributed by atoms with van der Waals surface area (Å²) in [5.41, 5.74) is 0. The number of aliphatic hydroxyl groups is 2. The first-order valence-corrected chi connectivity index (χ1v) is 26.4. The summed E-state index contributed by atoms with van der Waals surface area (Å²) >= 11 is 0. The smallest absolute Gasteiger partial charge is 0.462 e. The minimum Gasteiger partial charge on any atom is -0.462 e. The first-order valence-electron chi connectivity index (χ1n) is 24.9. The van der Waals surface area contributed by atoms with Gasteiger partial charge >= 0.3 is 19.8 Å². The van der Waals surface area contributed by atoms with Crippen LogP contribution in [0.5, 0.6) is 0 Å². The maximum absolute atomic E-state index is 12.7. The second-order valence-electron chi connectivity index (χ2n) is 16.8. The Morgan fingerprint density at radius 2 is 0.852 bits per heavy atom. The Hall–Kier alpha value is -1.81. The molecule has 3 atom stereocenters. The summed E-state index contributed by atoms with van der Waals surface area (Å²) in [7, 11) is -4.63. The van der Waals surface area contributed by atoms with Crippen LogP contribution in [0.3, 0.4) is 0 Å². The molecular formula is C50H93O10P. The van der Waals surface area contributed by atoms with Gasteiger partial charge in [0.25, 0.3) is 0 Å². The van der Waals surface area contributed by atoms with E-state index >= 15 is 0 Å². The van der Waals surface area contributed by atoms with Gasteiger partial charge in [0.15, 0.2) is 6.10 Å². The van der Waals surface area contributed by atoms with Gasteiger partial charge in [0.1, 0.15) is 12.7 Å². The number of phosphoric acid groups is 1. The Kier molecular flexibility index (Phi) is 44.8. The number of hydrogen-bond acceptors (Lipinski definition) is 9. The molecule has 0 bridgehead atoms. The average molecular weight is 885 g/mol. The summed E-state index contributed by atoms with van der Waals surface area (Å²) in [6.45, 7) is 2.34. The molecule has 0 heterocycles. The van der Waals surface area contributed by atoms with Crippen LogP contribution in [0.2, 0.25) is 0 Å². The number of esters is 2. The number of allylic oxidation sites excluding steroid dienone is 6. The van der Waals surface area contributed by atoms with E-state index in [1.807, 2.05) is 0 Å². The van der Waals surface area contributed by atoms with Crippen molar-refractivity contribution < 1.29 is 47.8 Å². The average Bonchev–Trinajstić information content (AvgIpc) is 3.25. The minimum absolute atomic E-state index is 0.180. The van der Waals surface area contributed by atoms with Gasteiger partial charge in [-0.25, -0.2) is 4.57 Å². The molecule has 11 heteroatoms. The lowest BCUT2D eigenvalue weighted by molar-refractivity contribution is -0.161. The van der Waals surface area contributed by atoms with Crippen LogP contribution in [-0.2, 0) is 32.7 Å². The molecule has 0 aliphatic heterocycles. The number of carbonyl (C=O) groups excluding carboxylic acids is 2. The van der Waals surface area contributed by atoms with Gasteiger partial charge in [0.05, 0.1) is 19.8 Å². The fraction of sp³-hybridized carbons (Fsp3) is 0.840. The molecule has 0 amide bonds. The molecule has 0 aromatic heterocycles. The van der Waals surface area contributed by atoms with Crippen molar-refractivity contribution in [2.45, 2.75) is 244 Å². The molecule has 0 aliphatic rings. The molecule has 1 unspecified atom stereocenters. The number of unbranched alkanes of at least 4 members (excludes halogenated alkanes) is 27. The molecule has 10 nitrogen and oxygen atoms in total. The third kappa shape index (κ3) is 46.0. The molecule has 0 aromatic rings. The standard InChI is InChI=1S/C50H93O10P/c1-3-5-7-9-11-13-15-17-19-20-21-22-23-24-25-26-28-30-32-34-36-38-40-42-50(54)60-48(46-59-61(55,56)58-44-47(52)43-51)45-57-49(53)41-39-37-35-33-31-29-27-18-16-14-12-10-8-6-4-2/h12,14,18,27,31,33,47-48,51-52H,3-11,13,15-17,19-26,28-30,32,34-46H2,1-2H3,(H,55,56)/b14-12+,27-18+,33-31+/t47-,48+/m0/s1. The molecule has 61 heavy (non-hydrogen) atoms. The van der Waals surface area contributed by atoms with Gasteiger partial charge in [0, 0.05) is 12.8 Å². The van der Waals surface area contributed by atoms with E-state index in [0.29, 0.717) is 12.8 Å². The predicted molar refractivity (Wildman–Crippen MR) is 251 cm³/mol. The van der Waals surface area contributed by atoms with Crippen molar-refractivity contribution in [3.05, 3.63) is 36.5 Å². The van der Waals surface area contributed by atoms with E-state index in [1.54, 1.807) is 0 Å². The lowest BCUT2D eigenvalue weighted by Gasteiger charge is -2.20. The van der Waals surface area contributed by atoms with Gasteiger partial charge in [-0.2, -0.15) is 0 Å². The summed E-state index contributed by atoms with van der Waals surface area (Å²) in [6.07, 6.45) is 49.8. The minimum atomic E-state index is -4.63. The highest BCUT2D eigenvalue weighted by Gasteiger charge is 2.27. The number of phosphoric ester groups is 1. The first-order chi connectivity index (χ1) is 29.7. The summed E-state index contributed by atoms with van der Waals surface area (Å²) in [4.78, 5) is 35.1. The molecule has 0 saturated carbocycles. The zero-order valence-electron chi connectivity index (χ0n) is 39.1. The van der Waals surface area contributed by atoms with E-state index in [0.717, 1.165) is 51.4 Å². The third-order valence-corrected chi connectivity index (χ3v) is 11.7. The van der Waals surface area contributed by atoms with E-state index in [9.17, 15) is 24.2 Å². The van der Waals surface area contributed by atoms with E-state index in [4.69, 9.17) is 23.6 Å². The third-order valence-electron chi connectivity index (χ3n) is 10.8. The van der Waals surface area contributed by atoms with Crippen molar-refractivity contribution in [1.29, 1.82) is 0 Å². The molecule has 0 fully saturated rings. The highest BCUT2D eigenvalue weighted by Crippen LogP contribution is 2.43.